The first-order valence-electron chi connectivity index (χ1n) is 12.5. The van der Waals surface area contributed by atoms with Crippen LogP contribution in [0.3, 0.4) is 0 Å². The lowest BCUT2D eigenvalue weighted by Gasteiger charge is -2.31. The zero-order valence-corrected chi connectivity index (χ0v) is 21.2. The summed E-state index contributed by atoms with van der Waals surface area (Å²) < 4.78 is 4.18. The van der Waals surface area contributed by atoms with Crippen LogP contribution in [0.25, 0.3) is 11.5 Å². The van der Waals surface area contributed by atoms with E-state index in [1.807, 2.05) is 72.0 Å². The molecule has 6 heteroatoms. The standard InChI is InChI=1S/C31H29N5O/c1-21-14-16-24(17-15-21)29-28-13-8-18-34(28)30-27(23(3)33-36(30)26-11-5-4-6-12-26)20-35(29)31(37)32-25-10-7-9-22(2)19-25/h4-19,29H,20H2,1-3H3,(H,32,37)/t29-/m1/s1. The lowest BCUT2D eigenvalue weighted by molar-refractivity contribution is 0.194. The molecule has 1 N–H and O–H groups in total. The summed E-state index contributed by atoms with van der Waals surface area (Å²) in [5.41, 5.74) is 8.04. The van der Waals surface area contributed by atoms with Gasteiger partial charge in [-0.1, -0.05) is 60.2 Å². The molecule has 6 nitrogen and oxygen atoms in total. The second-order valence-electron chi connectivity index (χ2n) is 9.68. The number of hydrogen-bond acceptors (Lipinski definition) is 2. The summed E-state index contributed by atoms with van der Waals surface area (Å²) in [5, 5.41) is 8.07. The maximum Gasteiger partial charge on any atom is 0.322 e. The van der Waals surface area contributed by atoms with Crippen LogP contribution < -0.4 is 5.32 Å². The van der Waals surface area contributed by atoms with Crippen molar-refractivity contribution in [3.63, 3.8) is 0 Å². The third kappa shape index (κ3) is 4.10. The number of rotatable bonds is 3. The number of benzene rings is 3. The smallest absolute Gasteiger partial charge is 0.308 e. The molecule has 5 aromatic rings. The van der Waals surface area contributed by atoms with Crippen LogP contribution in [0.2, 0.25) is 0 Å². The monoisotopic (exact) mass is 487 g/mol. The van der Waals surface area contributed by atoms with Crippen LogP contribution in [0.15, 0.2) is 97.2 Å². The maximum atomic E-state index is 14.0. The Morgan fingerprint density at radius 3 is 2.41 bits per heavy atom. The van der Waals surface area contributed by atoms with Gasteiger partial charge in [0.2, 0.25) is 0 Å². The van der Waals surface area contributed by atoms with E-state index in [2.05, 4.69) is 65.5 Å². The number of urea groups is 1. The Balaban J connectivity index is 1.53. The zero-order valence-electron chi connectivity index (χ0n) is 21.2. The van der Waals surface area contributed by atoms with E-state index in [1.54, 1.807) is 0 Å². The molecule has 0 spiro atoms. The molecule has 1 aliphatic heterocycles. The second kappa shape index (κ2) is 9.13. The zero-order chi connectivity index (χ0) is 25.5. The number of fused-ring (bicyclic) bond motifs is 3. The van der Waals surface area contributed by atoms with Crippen molar-refractivity contribution in [1.82, 2.24) is 19.2 Å². The average molecular weight is 488 g/mol. The average Bonchev–Trinajstić information content (AvgIpc) is 3.46. The highest BCUT2D eigenvalue weighted by Gasteiger charge is 2.36. The van der Waals surface area contributed by atoms with Crippen LogP contribution in [0, 0.1) is 20.8 Å². The fourth-order valence-corrected chi connectivity index (χ4v) is 5.17. The van der Waals surface area contributed by atoms with Gasteiger partial charge in [-0.05, 0) is 68.3 Å². The first-order chi connectivity index (χ1) is 18.0. The summed E-state index contributed by atoms with van der Waals surface area (Å²) in [6, 6.07) is 30.2. The van der Waals surface area contributed by atoms with Crippen LogP contribution in [0.1, 0.15) is 39.7 Å². The van der Waals surface area contributed by atoms with Crippen molar-refractivity contribution in [1.29, 1.82) is 0 Å². The van der Waals surface area contributed by atoms with E-state index >= 15 is 0 Å². The summed E-state index contributed by atoms with van der Waals surface area (Å²) >= 11 is 0. The van der Waals surface area contributed by atoms with Crippen molar-refractivity contribution in [3.05, 3.63) is 131 Å². The minimum absolute atomic E-state index is 0.149. The Morgan fingerprint density at radius 1 is 0.865 bits per heavy atom. The van der Waals surface area contributed by atoms with Gasteiger partial charge < -0.3 is 14.8 Å². The predicted octanol–water partition coefficient (Wildman–Crippen LogP) is 6.73. The van der Waals surface area contributed by atoms with Crippen LogP contribution in [0.4, 0.5) is 10.5 Å². The van der Waals surface area contributed by atoms with E-state index in [-0.39, 0.29) is 12.1 Å². The van der Waals surface area contributed by atoms with Crippen molar-refractivity contribution in [2.45, 2.75) is 33.4 Å². The van der Waals surface area contributed by atoms with Crippen LogP contribution in [-0.4, -0.2) is 25.3 Å². The summed E-state index contributed by atoms with van der Waals surface area (Å²) in [7, 11) is 0. The van der Waals surface area contributed by atoms with Crippen LogP contribution in [-0.2, 0) is 6.54 Å². The first kappa shape index (κ1) is 22.9. The largest absolute Gasteiger partial charge is 0.322 e. The molecular weight excluding hydrogens is 458 g/mol. The van der Waals surface area contributed by atoms with Gasteiger partial charge in [-0.3, -0.25) is 0 Å². The molecule has 6 rings (SSSR count). The maximum absolute atomic E-state index is 14.0. The quantitative estimate of drug-likeness (QED) is 0.307. The SMILES string of the molecule is Cc1ccc([C@@H]2c3cccn3-c3c(c(C)nn3-c3ccccc3)CN2C(=O)Nc2cccc(C)c2)cc1. The number of carbonyl (C=O) groups is 1. The number of aryl methyl sites for hydroxylation is 3. The number of amides is 2. The van der Waals surface area contributed by atoms with E-state index in [4.69, 9.17) is 5.10 Å². The van der Waals surface area contributed by atoms with Crippen molar-refractivity contribution < 1.29 is 4.79 Å². The summed E-state index contributed by atoms with van der Waals surface area (Å²) in [4.78, 5) is 15.9. The number of nitrogens with zero attached hydrogens (tertiary/aromatic N) is 4. The molecule has 0 saturated heterocycles. The number of hydrogen-bond donors (Lipinski definition) is 1. The summed E-state index contributed by atoms with van der Waals surface area (Å²) in [6.45, 7) is 6.54. The molecule has 0 bridgehead atoms. The Morgan fingerprint density at radius 2 is 1.65 bits per heavy atom. The molecule has 37 heavy (non-hydrogen) atoms. The molecule has 2 amide bonds. The van der Waals surface area contributed by atoms with E-state index in [9.17, 15) is 4.79 Å². The normalized spacial score (nSPS) is 14.6. The number of anilines is 1. The number of nitrogens with one attached hydrogen (secondary N) is 1. The molecule has 2 aromatic heterocycles. The molecule has 3 aromatic carbocycles. The third-order valence-corrected chi connectivity index (χ3v) is 7.01. The van der Waals surface area contributed by atoms with E-state index < -0.39 is 0 Å². The summed E-state index contributed by atoms with van der Waals surface area (Å²) in [5.74, 6) is 0.965. The first-order valence-corrected chi connectivity index (χ1v) is 12.5. The van der Waals surface area contributed by atoms with Crippen molar-refractivity contribution >= 4 is 11.7 Å². The van der Waals surface area contributed by atoms with E-state index in [0.29, 0.717) is 6.54 Å². The molecule has 0 saturated carbocycles. The molecule has 0 unspecified atom stereocenters. The minimum Gasteiger partial charge on any atom is -0.308 e. The Labute approximate surface area is 216 Å². The predicted molar refractivity (Wildman–Crippen MR) is 146 cm³/mol. The van der Waals surface area contributed by atoms with Gasteiger partial charge >= 0.3 is 6.03 Å². The van der Waals surface area contributed by atoms with Crippen molar-refractivity contribution in [2.75, 3.05) is 5.32 Å². The van der Waals surface area contributed by atoms with E-state index in [1.165, 1.54) is 5.56 Å². The van der Waals surface area contributed by atoms with Gasteiger partial charge in [0.1, 0.15) is 5.82 Å². The third-order valence-electron chi connectivity index (χ3n) is 7.01. The minimum atomic E-state index is -0.281. The van der Waals surface area contributed by atoms with Gasteiger partial charge in [-0.15, -0.1) is 0 Å². The number of para-hydroxylation sites is 1. The van der Waals surface area contributed by atoms with E-state index in [0.717, 1.165) is 45.3 Å². The molecular formula is C31H29N5O. The summed E-state index contributed by atoms with van der Waals surface area (Å²) in [6.07, 6.45) is 2.07. The van der Waals surface area contributed by atoms with Gasteiger partial charge in [0, 0.05) is 17.4 Å². The highest BCUT2D eigenvalue weighted by Crippen LogP contribution is 2.38. The van der Waals surface area contributed by atoms with Crippen molar-refractivity contribution in [2.24, 2.45) is 0 Å². The number of aromatic nitrogens is 3. The van der Waals surface area contributed by atoms with Gasteiger partial charge in [0.25, 0.3) is 0 Å². The van der Waals surface area contributed by atoms with Gasteiger partial charge in [-0.2, -0.15) is 5.10 Å². The lowest BCUT2D eigenvalue weighted by atomic mass is 10.0. The van der Waals surface area contributed by atoms with Crippen molar-refractivity contribution in [3.8, 4) is 11.5 Å². The molecule has 1 atom stereocenters. The molecule has 0 radical (unpaired) electrons. The Hall–Kier alpha value is -4.58. The second-order valence-corrected chi connectivity index (χ2v) is 9.68. The molecule has 1 aliphatic rings. The Bertz CT molecular complexity index is 1580. The lowest BCUT2D eigenvalue weighted by Crippen LogP contribution is -2.38. The fourth-order valence-electron chi connectivity index (χ4n) is 5.17. The number of carbonyl (C=O) groups excluding carboxylic acids is 1. The highest BCUT2D eigenvalue weighted by atomic mass is 16.2. The molecule has 0 fully saturated rings. The highest BCUT2D eigenvalue weighted by molar-refractivity contribution is 5.90. The molecule has 3 heterocycles. The van der Waals surface area contributed by atoms with Gasteiger partial charge in [-0.25, -0.2) is 9.48 Å². The van der Waals surface area contributed by atoms with Gasteiger partial charge in [0.15, 0.2) is 0 Å². The Kier molecular flexibility index (Phi) is 5.64. The van der Waals surface area contributed by atoms with Crippen LogP contribution in [0.5, 0.6) is 0 Å². The fraction of sp³-hybridized carbons (Fsp3) is 0.161. The molecule has 184 valence electrons. The van der Waals surface area contributed by atoms with Gasteiger partial charge in [0.05, 0.1) is 29.7 Å². The molecule has 0 aliphatic carbocycles. The topological polar surface area (TPSA) is 55.1 Å². The van der Waals surface area contributed by atoms with Crippen LogP contribution >= 0.6 is 0 Å².